The van der Waals surface area contributed by atoms with Gasteiger partial charge in [0.05, 0.1) is 13.2 Å². The van der Waals surface area contributed by atoms with Crippen molar-refractivity contribution in [2.45, 2.75) is 65.0 Å². The number of methoxy groups -OCH3 is 1. The summed E-state index contributed by atoms with van der Waals surface area (Å²) in [6, 6.07) is 12.3. The van der Waals surface area contributed by atoms with Gasteiger partial charge < -0.3 is 14.8 Å². The molecule has 1 aliphatic rings. The van der Waals surface area contributed by atoms with Crippen LogP contribution in [0.3, 0.4) is 0 Å². The van der Waals surface area contributed by atoms with Crippen LogP contribution >= 0.6 is 0 Å². The molecule has 2 aromatic carbocycles. The molecule has 28 heavy (non-hydrogen) atoms. The van der Waals surface area contributed by atoms with Crippen LogP contribution in [0.1, 0.15) is 67.8 Å². The number of amides is 1. The highest BCUT2D eigenvalue weighted by Crippen LogP contribution is 2.33. The second kappa shape index (κ2) is 8.68. The van der Waals surface area contributed by atoms with Gasteiger partial charge >= 0.3 is 0 Å². The molecule has 0 saturated carbocycles. The van der Waals surface area contributed by atoms with Gasteiger partial charge in [0.25, 0.3) is 5.91 Å². The number of hydrogen-bond acceptors (Lipinski definition) is 3. The lowest BCUT2D eigenvalue weighted by Gasteiger charge is -2.28. The molecule has 1 amide bonds. The average Bonchev–Trinajstić information content (AvgIpc) is 2.67. The van der Waals surface area contributed by atoms with Crippen LogP contribution in [-0.4, -0.2) is 19.1 Å². The lowest BCUT2D eigenvalue weighted by Crippen LogP contribution is -2.39. The molecule has 150 valence electrons. The van der Waals surface area contributed by atoms with Gasteiger partial charge in [-0.05, 0) is 79.5 Å². The Hall–Kier alpha value is -2.49. The molecule has 4 nitrogen and oxygen atoms in total. The Labute approximate surface area is 168 Å². The van der Waals surface area contributed by atoms with Gasteiger partial charge in [-0.15, -0.1) is 0 Å². The highest BCUT2D eigenvalue weighted by atomic mass is 16.5. The van der Waals surface area contributed by atoms with E-state index in [9.17, 15) is 4.79 Å². The minimum atomic E-state index is -0.553. The number of hydrogen-bond donors (Lipinski definition) is 1. The Morgan fingerprint density at radius 2 is 1.93 bits per heavy atom. The van der Waals surface area contributed by atoms with Gasteiger partial charge in [-0.25, -0.2) is 0 Å². The second-order valence-electron chi connectivity index (χ2n) is 7.97. The van der Waals surface area contributed by atoms with Crippen LogP contribution in [0.2, 0.25) is 0 Å². The lowest BCUT2D eigenvalue weighted by atomic mass is 9.87. The Kier molecular flexibility index (Phi) is 6.28. The molecule has 0 heterocycles. The molecule has 0 fully saturated rings. The van der Waals surface area contributed by atoms with Crippen molar-refractivity contribution in [2.75, 3.05) is 7.11 Å². The number of fused-ring (bicyclic) bond motifs is 1. The molecule has 1 N–H and O–H groups in total. The van der Waals surface area contributed by atoms with Gasteiger partial charge in [-0.2, -0.15) is 0 Å². The predicted octanol–water partition coefficient (Wildman–Crippen LogP) is 5.09. The molecule has 0 unspecified atom stereocenters. The summed E-state index contributed by atoms with van der Waals surface area (Å²) in [6.45, 7) is 8.12. The molecule has 2 aromatic rings. The highest BCUT2D eigenvalue weighted by Gasteiger charge is 2.25. The van der Waals surface area contributed by atoms with Gasteiger partial charge in [-0.3, -0.25) is 4.79 Å². The predicted molar refractivity (Wildman–Crippen MR) is 112 cm³/mol. The summed E-state index contributed by atoms with van der Waals surface area (Å²) in [6.07, 6.45) is 2.46. The zero-order valence-electron chi connectivity index (χ0n) is 17.5. The second-order valence-corrected chi connectivity index (χ2v) is 7.97. The summed E-state index contributed by atoms with van der Waals surface area (Å²) in [5, 5.41) is 3.19. The first kappa shape index (κ1) is 20.2. The molecule has 0 bridgehead atoms. The third kappa shape index (κ3) is 4.49. The van der Waals surface area contributed by atoms with Crippen LogP contribution in [0.15, 0.2) is 36.4 Å². The molecular weight excluding hydrogens is 350 g/mol. The van der Waals surface area contributed by atoms with Crippen molar-refractivity contribution in [3.8, 4) is 11.5 Å². The van der Waals surface area contributed by atoms with E-state index in [-0.39, 0.29) is 11.9 Å². The van der Waals surface area contributed by atoms with Crippen LogP contribution in [-0.2, 0) is 11.2 Å². The third-order valence-electron chi connectivity index (χ3n) is 5.45. The highest BCUT2D eigenvalue weighted by molar-refractivity contribution is 5.81. The monoisotopic (exact) mass is 381 g/mol. The van der Waals surface area contributed by atoms with Gasteiger partial charge in [0.2, 0.25) is 0 Å². The standard InChI is InChI=1S/C24H31NO3/c1-15(2)20-11-9-16(3)13-23(20)28-17(4)24(26)25-22-8-6-7-18-14-19(27-5)10-12-21(18)22/h9-15,17,22H,6-8H2,1-5H3,(H,25,26)/t17-,22-/m0/s1. The lowest BCUT2D eigenvalue weighted by molar-refractivity contribution is -0.128. The number of carbonyl (C=O) groups excluding carboxylic acids is 1. The van der Waals surface area contributed by atoms with Gasteiger partial charge in [-0.1, -0.05) is 32.0 Å². The molecule has 1 aliphatic carbocycles. The molecule has 0 spiro atoms. The summed E-state index contributed by atoms with van der Waals surface area (Å²) in [5.41, 5.74) is 4.69. The molecular formula is C24H31NO3. The molecule has 3 rings (SSSR count). The minimum absolute atomic E-state index is 0.0234. The van der Waals surface area contributed by atoms with E-state index in [2.05, 4.69) is 43.4 Å². The first-order chi connectivity index (χ1) is 13.4. The van der Waals surface area contributed by atoms with Gasteiger partial charge in [0.1, 0.15) is 11.5 Å². The van der Waals surface area contributed by atoms with E-state index in [1.807, 2.05) is 26.0 Å². The number of ether oxygens (including phenoxy) is 2. The fourth-order valence-corrected chi connectivity index (χ4v) is 3.82. The van der Waals surface area contributed by atoms with Crippen LogP contribution in [0.25, 0.3) is 0 Å². The van der Waals surface area contributed by atoms with E-state index in [4.69, 9.17) is 9.47 Å². The van der Waals surface area contributed by atoms with E-state index in [0.717, 1.165) is 41.9 Å². The molecule has 0 aromatic heterocycles. The smallest absolute Gasteiger partial charge is 0.261 e. The first-order valence-electron chi connectivity index (χ1n) is 10.1. The van der Waals surface area contributed by atoms with Gasteiger partial charge in [0, 0.05) is 0 Å². The van der Waals surface area contributed by atoms with Crippen molar-refractivity contribution in [3.63, 3.8) is 0 Å². The molecule has 2 atom stereocenters. The van der Waals surface area contributed by atoms with Crippen LogP contribution in [0.4, 0.5) is 0 Å². The average molecular weight is 382 g/mol. The fraction of sp³-hybridized carbons (Fsp3) is 0.458. The summed E-state index contributed by atoms with van der Waals surface area (Å²) < 4.78 is 11.4. The van der Waals surface area contributed by atoms with E-state index in [1.165, 1.54) is 11.1 Å². The maximum atomic E-state index is 12.9. The Morgan fingerprint density at radius 3 is 2.64 bits per heavy atom. The fourth-order valence-electron chi connectivity index (χ4n) is 3.82. The Bertz CT molecular complexity index is 844. The molecule has 0 radical (unpaired) electrons. The van der Waals surface area contributed by atoms with Crippen LogP contribution < -0.4 is 14.8 Å². The summed E-state index contributed by atoms with van der Waals surface area (Å²) in [5.74, 6) is 1.92. The van der Waals surface area contributed by atoms with Crippen molar-refractivity contribution in [1.82, 2.24) is 5.32 Å². The van der Waals surface area contributed by atoms with Crippen LogP contribution in [0, 0.1) is 6.92 Å². The quantitative estimate of drug-likeness (QED) is 0.758. The van der Waals surface area contributed by atoms with E-state index >= 15 is 0 Å². The van der Waals surface area contributed by atoms with Gasteiger partial charge in [0.15, 0.2) is 6.10 Å². The minimum Gasteiger partial charge on any atom is -0.497 e. The zero-order chi connectivity index (χ0) is 20.3. The van der Waals surface area contributed by atoms with E-state index in [1.54, 1.807) is 7.11 Å². The van der Waals surface area contributed by atoms with Crippen molar-refractivity contribution in [3.05, 3.63) is 58.7 Å². The molecule has 4 heteroatoms. The Balaban J connectivity index is 1.72. The van der Waals surface area contributed by atoms with Crippen molar-refractivity contribution < 1.29 is 14.3 Å². The van der Waals surface area contributed by atoms with E-state index < -0.39 is 6.10 Å². The summed E-state index contributed by atoms with van der Waals surface area (Å²) >= 11 is 0. The normalized spacial score (nSPS) is 17.0. The molecule has 0 aliphatic heterocycles. The first-order valence-corrected chi connectivity index (χ1v) is 10.1. The van der Waals surface area contributed by atoms with E-state index in [0.29, 0.717) is 5.92 Å². The maximum Gasteiger partial charge on any atom is 0.261 e. The maximum absolute atomic E-state index is 12.9. The molecule has 0 saturated heterocycles. The number of rotatable bonds is 6. The number of aryl methyl sites for hydroxylation is 2. The topological polar surface area (TPSA) is 47.6 Å². The SMILES string of the molecule is COc1ccc2c(c1)CCC[C@@H]2NC(=O)[C@H](C)Oc1cc(C)ccc1C(C)C. The van der Waals surface area contributed by atoms with Crippen molar-refractivity contribution in [1.29, 1.82) is 0 Å². The van der Waals surface area contributed by atoms with Crippen molar-refractivity contribution >= 4 is 5.91 Å². The van der Waals surface area contributed by atoms with Crippen LogP contribution in [0.5, 0.6) is 11.5 Å². The number of benzene rings is 2. The number of carbonyl (C=O) groups is 1. The number of nitrogens with one attached hydrogen (secondary N) is 1. The summed E-state index contributed by atoms with van der Waals surface area (Å²) in [7, 11) is 1.68. The Morgan fingerprint density at radius 1 is 1.14 bits per heavy atom. The van der Waals surface area contributed by atoms with Crippen molar-refractivity contribution in [2.24, 2.45) is 0 Å². The zero-order valence-corrected chi connectivity index (χ0v) is 17.5. The summed E-state index contributed by atoms with van der Waals surface area (Å²) in [4.78, 5) is 12.9. The largest absolute Gasteiger partial charge is 0.497 e. The third-order valence-corrected chi connectivity index (χ3v) is 5.45.